The molecule has 2 aromatic heterocycles. The van der Waals surface area contributed by atoms with E-state index in [0.29, 0.717) is 12.5 Å². The molecule has 3 N–H and O–H groups in total. The second-order valence-electron chi connectivity index (χ2n) is 5.07. The number of rotatable bonds is 3. The summed E-state index contributed by atoms with van der Waals surface area (Å²) in [4.78, 5) is 4.58. The van der Waals surface area contributed by atoms with Crippen molar-refractivity contribution in [1.82, 2.24) is 14.7 Å². The van der Waals surface area contributed by atoms with Gasteiger partial charge in [-0.1, -0.05) is 6.07 Å². The van der Waals surface area contributed by atoms with E-state index in [1.165, 1.54) is 12.8 Å². The second-order valence-corrected chi connectivity index (χ2v) is 5.07. The molecule has 18 heavy (non-hydrogen) atoms. The first-order chi connectivity index (χ1) is 8.88. The molecule has 0 saturated carbocycles. The zero-order chi connectivity index (χ0) is 12.4. The Bertz CT molecular complexity index is 526. The van der Waals surface area contributed by atoms with Gasteiger partial charge in [0.1, 0.15) is 5.82 Å². The Morgan fingerprint density at radius 1 is 1.44 bits per heavy atom. The molecule has 1 aliphatic heterocycles. The zero-order valence-corrected chi connectivity index (χ0v) is 10.6. The van der Waals surface area contributed by atoms with Crippen LogP contribution in [0.4, 0.5) is 0 Å². The Labute approximate surface area is 107 Å². The van der Waals surface area contributed by atoms with Crippen molar-refractivity contribution in [1.29, 1.82) is 0 Å². The van der Waals surface area contributed by atoms with Crippen LogP contribution in [-0.4, -0.2) is 22.5 Å². The molecular weight excluding hydrogens is 224 g/mol. The highest BCUT2D eigenvalue weighted by molar-refractivity contribution is 5.47. The van der Waals surface area contributed by atoms with E-state index in [4.69, 9.17) is 5.73 Å². The van der Waals surface area contributed by atoms with Gasteiger partial charge in [0.05, 0.1) is 11.7 Å². The fraction of sp³-hybridized carbons (Fsp3) is 0.500. The molecule has 0 aliphatic carbocycles. The molecule has 1 aliphatic rings. The van der Waals surface area contributed by atoms with Crippen molar-refractivity contribution in [2.24, 2.45) is 11.7 Å². The first-order valence-corrected chi connectivity index (χ1v) is 6.73. The SMILES string of the molecule is NCc1cccc2cnc(CC3CCCNC3)n12. The van der Waals surface area contributed by atoms with Gasteiger partial charge in [-0.3, -0.25) is 4.40 Å². The summed E-state index contributed by atoms with van der Waals surface area (Å²) in [5.74, 6) is 1.86. The van der Waals surface area contributed by atoms with Crippen LogP contribution in [0.25, 0.3) is 5.52 Å². The van der Waals surface area contributed by atoms with Crippen molar-refractivity contribution in [2.45, 2.75) is 25.8 Å². The number of fused-ring (bicyclic) bond motifs is 1. The lowest BCUT2D eigenvalue weighted by Crippen LogP contribution is -2.31. The molecule has 4 heteroatoms. The first kappa shape index (κ1) is 11.7. The van der Waals surface area contributed by atoms with Crippen molar-refractivity contribution in [3.63, 3.8) is 0 Å². The summed E-state index contributed by atoms with van der Waals surface area (Å²) >= 11 is 0. The van der Waals surface area contributed by atoms with Gasteiger partial charge in [-0.25, -0.2) is 4.98 Å². The molecule has 2 aromatic rings. The van der Waals surface area contributed by atoms with Crippen LogP contribution in [0.5, 0.6) is 0 Å². The zero-order valence-electron chi connectivity index (χ0n) is 10.6. The van der Waals surface area contributed by atoms with Crippen LogP contribution in [0.2, 0.25) is 0 Å². The Hall–Kier alpha value is -1.39. The van der Waals surface area contributed by atoms with E-state index in [1.807, 2.05) is 12.3 Å². The van der Waals surface area contributed by atoms with E-state index in [2.05, 4.69) is 26.8 Å². The highest BCUT2D eigenvalue weighted by atomic mass is 15.0. The Balaban J connectivity index is 1.91. The predicted octanol–water partition coefficient (Wildman–Crippen LogP) is 1.34. The number of hydrogen-bond donors (Lipinski definition) is 2. The molecule has 1 atom stereocenters. The first-order valence-electron chi connectivity index (χ1n) is 6.73. The maximum absolute atomic E-state index is 5.82. The lowest BCUT2D eigenvalue weighted by Gasteiger charge is -2.22. The van der Waals surface area contributed by atoms with Gasteiger partial charge in [-0.15, -0.1) is 0 Å². The fourth-order valence-corrected chi connectivity index (χ4v) is 2.85. The fourth-order valence-electron chi connectivity index (χ4n) is 2.85. The number of nitrogens with zero attached hydrogens (tertiary/aromatic N) is 2. The average molecular weight is 244 g/mol. The van der Waals surface area contributed by atoms with E-state index >= 15 is 0 Å². The van der Waals surface area contributed by atoms with Crippen molar-refractivity contribution >= 4 is 5.52 Å². The van der Waals surface area contributed by atoms with Crippen LogP contribution < -0.4 is 11.1 Å². The van der Waals surface area contributed by atoms with Gasteiger partial charge in [0.2, 0.25) is 0 Å². The topological polar surface area (TPSA) is 55.3 Å². The van der Waals surface area contributed by atoms with Crippen LogP contribution in [0, 0.1) is 5.92 Å². The maximum atomic E-state index is 5.82. The molecule has 0 spiro atoms. The average Bonchev–Trinajstić information content (AvgIpc) is 2.83. The molecular formula is C14H20N4. The molecule has 4 nitrogen and oxygen atoms in total. The van der Waals surface area contributed by atoms with Gasteiger partial charge < -0.3 is 11.1 Å². The number of hydrogen-bond acceptors (Lipinski definition) is 3. The van der Waals surface area contributed by atoms with Gasteiger partial charge in [0, 0.05) is 18.7 Å². The molecule has 0 aromatic carbocycles. The van der Waals surface area contributed by atoms with E-state index in [-0.39, 0.29) is 0 Å². The van der Waals surface area contributed by atoms with Crippen LogP contribution in [0.15, 0.2) is 24.4 Å². The number of aromatic nitrogens is 2. The third kappa shape index (κ3) is 2.13. The summed E-state index contributed by atoms with van der Waals surface area (Å²) in [6.45, 7) is 2.83. The Morgan fingerprint density at radius 2 is 2.39 bits per heavy atom. The summed E-state index contributed by atoms with van der Waals surface area (Å²) in [5.41, 5.74) is 8.11. The summed E-state index contributed by atoms with van der Waals surface area (Å²) in [7, 11) is 0. The lowest BCUT2D eigenvalue weighted by atomic mass is 9.96. The molecule has 96 valence electrons. The van der Waals surface area contributed by atoms with E-state index in [9.17, 15) is 0 Å². The van der Waals surface area contributed by atoms with E-state index in [1.54, 1.807) is 0 Å². The quantitative estimate of drug-likeness (QED) is 0.856. The largest absolute Gasteiger partial charge is 0.325 e. The molecule has 0 amide bonds. The third-order valence-corrected chi connectivity index (χ3v) is 3.78. The molecule has 3 heterocycles. The molecule has 0 radical (unpaired) electrons. The third-order valence-electron chi connectivity index (χ3n) is 3.78. The van der Waals surface area contributed by atoms with Crippen LogP contribution >= 0.6 is 0 Å². The standard InChI is InChI=1S/C14H20N4/c15-8-12-4-1-5-13-10-17-14(18(12)13)7-11-3-2-6-16-9-11/h1,4-5,10-11,16H,2-3,6-9,15H2. The minimum atomic E-state index is 0.559. The monoisotopic (exact) mass is 244 g/mol. The van der Waals surface area contributed by atoms with E-state index in [0.717, 1.165) is 36.5 Å². The van der Waals surface area contributed by atoms with Crippen LogP contribution in [0.1, 0.15) is 24.4 Å². The number of pyridine rings is 1. The van der Waals surface area contributed by atoms with Gasteiger partial charge in [-0.2, -0.15) is 0 Å². The number of nitrogens with one attached hydrogen (secondary N) is 1. The normalized spacial score (nSPS) is 20.4. The van der Waals surface area contributed by atoms with Gasteiger partial charge in [0.15, 0.2) is 0 Å². The van der Waals surface area contributed by atoms with E-state index < -0.39 is 0 Å². The maximum Gasteiger partial charge on any atom is 0.113 e. The summed E-state index contributed by atoms with van der Waals surface area (Å²) in [5, 5.41) is 3.46. The van der Waals surface area contributed by atoms with Gasteiger partial charge in [-0.05, 0) is 44.0 Å². The number of piperidine rings is 1. The molecule has 1 unspecified atom stereocenters. The highest BCUT2D eigenvalue weighted by Gasteiger charge is 2.16. The van der Waals surface area contributed by atoms with Crippen LogP contribution in [0.3, 0.4) is 0 Å². The molecule has 1 fully saturated rings. The smallest absolute Gasteiger partial charge is 0.113 e. The number of imidazole rings is 1. The minimum absolute atomic E-state index is 0.559. The Morgan fingerprint density at radius 3 is 3.17 bits per heavy atom. The molecule has 1 saturated heterocycles. The summed E-state index contributed by atoms with van der Waals surface area (Å²) in [6, 6.07) is 6.22. The van der Waals surface area contributed by atoms with Crippen molar-refractivity contribution < 1.29 is 0 Å². The van der Waals surface area contributed by atoms with Gasteiger partial charge >= 0.3 is 0 Å². The summed E-state index contributed by atoms with van der Waals surface area (Å²) < 4.78 is 2.22. The second kappa shape index (κ2) is 5.08. The van der Waals surface area contributed by atoms with Crippen molar-refractivity contribution in [2.75, 3.05) is 13.1 Å². The lowest BCUT2D eigenvalue weighted by molar-refractivity contribution is 0.370. The van der Waals surface area contributed by atoms with Crippen molar-refractivity contribution in [3.05, 3.63) is 35.9 Å². The number of nitrogens with two attached hydrogens (primary N) is 1. The Kier molecular flexibility index (Phi) is 3.30. The highest BCUT2D eigenvalue weighted by Crippen LogP contribution is 2.18. The van der Waals surface area contributed by atoms with Gasteiger partial charge in [0.25, 0.3) is 0 Å². The molecule has 0 bridgehead atoms. The predicted molar refractivity (Wildman–Crippen MR) is 72.4 cm³/mol. The minimum Gasteiger partial charge on any atom is -0.325 e. The molecule has 3 rings (SSSR count). The summed E-state index contributed by atoms with van der Waals surface area (Å²) in [6.07, 6.45) is 5.56. The van der Waals surface area contributed by atoms with Crippen LogP contribution in [-0.2, 0) is 13.0 Å². The van der Waals surface area contributed by atoms with Crippen molar-refractivity contribution in [3.8, 4) is 0 Å².